The maximum atomic E-state index is 13.1. The summed E-state index contributed by atoms with van der Waals surface area (Å²) in [6.07, 6.45) is -1.68. The van der Waals surface area contributed by atoms with Crippen molar-refractivity contribution in [1.29, 1.82) is 0 Å². The van der Waals surface area contributed by atoms with Crippen LogP contribution in [0.5, 0.6) is 11.5 Å². The van der Waals surface area contributed by atoms with Crippen LogP contribution in [0, 0.1) is 37.1 Å². The fourth-order valence-electron chi connectivity index (χ4n) is 4.04. The number of rotatable bonds is 10. The Balaban J connectivity index is 0.000000250. The van der Waals surface area contributed by atoms with Crippen LogP contribution in [0.2, 0.25) is 0 Å². The highest BCUT2D eigenvalue weighted by Gasteiger charge is 2.23. The zero-order valence-electron chi connectivity index (χ0n) is 23.7. The Hall–Kier alpha value is -5.11. The highest BCUT2D eigenvalue weighted by atomic mass is 19.3. The molecule has 0 aromatic heterocycles. The second kappa shape index (κ2) is 15.3. The van der Waals surface area contributed by atoms with Crippen LogP contribution < -0.4 is 9.47 Å². The van der Waals surface area contributed by atoms with Crippen molar-refractivity contribution in [3.63, 3.8) is 0 Å². The molecule has 0 amide bonds. The number of aryl methyl sites for hydroxylation is 2. The van der Waals surface area contributed by atoms with Gasteiger partial charge in [0.2, 0.25) is 11.6 Å². The third-order valence-electron chi connectivity index (χ3n) is 6.11. The lowest BCUT2D eigenvalue weighted by atomic mass is 9.98. The van der Waals surface area contributed by atoms with Gasteiger partial charge in [0.25, 0.3) is 0 Å². The smallest absolute Gasteiger partial charge is 0.387 e. The molecule has 46 heavy (non-hydrogen) atoms. The Morgan fingerprint density at radius 3 is 1.41 bits per heavy atom. The largest absolute Gasteiger partial charge is 0.435 e. The molecular weight excluding hydrogens is 632 g/mol. The van der Waals surface area contributed by atoms with E-state index >= 15 is 0 Å². The Kier molecular flexibility index (Phi) is 11.7. The standard InChI is InChI=1S/C16H12F4O3.C16H10F4O3/c2*1-8-4-9(2-3-13(8)23-16(19)20)14(21)15(22)10-5-11(17)7-12(18)6-10/h2-7,14,16,21H,1H3;2-7,16H,1H3. The van der Waals surface area contributed by atoms with Crippen molar-refractivity contribution in [3.8, 4) is 11.5 Å². The molecule has 0 bridgehead atoms. The molecule has 0 aliphatic rings. The number of ether oxygens (including phenoxy) is 2. The molecule has 4 aromatic carbocycles. The molecule has 0 saturated heterocycles. The van der Waals surface area contributed by atoms with Crippen LogP contribution in [0.25, 0.3) is 0 Å². The summed E-state index contributed by atoms with van der Waals surface area (Å²) in [6, 6.07) is 11.4. The van der Waals surface area contributed by atoms with Crippen molar-refractivity contribution in [2.75, 3.05) is 0 Å². The molecule has 0 heterocycles. The Morgan fingerprint density at radius 2 is 0.978 bits per heavy atom. The second-order valence-electron chi connectivity index (χ2n) is 9.50. The number of aliphatic hydroxyl groups is 1. The third-order valence-corrected chi connectivity index (χ3v) is 6.11. The first-order valence-corrected chi connectivity index (χ1v) is 12.9. The quantitative estimate of drug-likeness (QED) is 0.107. The summed E-state index contributed by atoms with van der Waals surface area (Å²) >= 11 is 0. The first kappa shape index (κ1) is 35.4. The van der Waals surface area contributed by atoms with Crippen LogP contribution in [0.3, 0.4) is 0 Å². The number of aliphatic hydroxyl groups excluding tert-OH is 1. The van der Waals surface area contributed by atoms with Gasteiger partial charge in [-0.05, 0) is 85.1 Å². The van der Waals surface area contributed by atoms with Gasteiger partial charge in [-0.15, -0.1) is 0 Å². The number of halogens is 8. The summed E-state index contributed by atoms with van der Waals surface area (Å²) in [4.78, 5) is 36.1. The average molecular weight is 655 g/mol. The Morgan fingerprint density at radius 1 is 0.565 bits per heavy atom. The molecule has 1 N–H and O–H groups in total. The van der Waals surface area contributed by atoms with Gasteiger partial charge >= 0.3 is 13.2 Å². The molecule has 4 aromatic rings. The van der Waals surface area contributed by atoms with Crippen molar-refractivity contribution in [3.05, 3.63) is 129 Å². The molecule has 0 spiro atoms. The number of benzene rings is 4. The van der Waals surface area contributed by atoms with Gasteiger partial charge in [0.05, 0.1) is 0 Å². The third kappa shape index (κ3) is 9.44. The lowest BCUT2D eigenvalue weighted by Crippen LogP contribution is -2.15. The molecule has 0 aliphatic heterocycles. The predicted molar refractivity (Wildman–Crippen MR) is 146 cm³/mol. The zero-order valence-corrected chi connectivity index (χ0v) is 23.7. The monoisotopic (exact) mass is 654 g/mol. The fourth-order valence-corrected chi connectivity index (χ4v) is 4.04. The molecule has 6 nitrogen and oxygen atoms in total. The van der Waals surface area contributed by atoms with Gasteiger partial charge in [-0.1, -0.05) is 6.07 Å². The molecule has 1 unspecified atom stereocenters. The number of hydrogen-bond donors (Lipinski definition) is 1. The van der Waals surface area contributed by atoms with Crippen molar-refractivity contribution in [2.45, 2.75) is 33.2 Å². The van der Waals surface area contributed by atoms with E-state index in [1.54, 1.807) is 0 Å². The molecule has 242 valence electrons. The molecule has 4 rings (SSSR count). The molecule has 0 radical (unpaired) electrons. The minimum Gasteiger partial charge on any atom is -0.435 e. The van der Waals surface area contributed by atoms with E-state index in [9.17, 15) is 54.6 Å². The molecule has 0 aliphatic carbocycles. The SMILES string of the molecule is Cc1cc(C(=O)C(=O)c2cc(F)cc(F)c2)ccc1OC(F)F.Cc1cc(C(O)C(=O)c2cc(F)cc(F)c2)ccc1OC(F)F. The molecule has 0 fully saturated rings. The van der Waals surface area contributed by atoms with Gasteiger partial charge in [-0.3, -0.25) is 14.4 Å². The van der Waals surface area contributed by atoms with Gasteiger partial charge in [0.1, 0.15) is 40.9 Å². The first-order chi connectivity index (χ1) is 21.5. The van der Waals surface area contributed by atoms with Crippen LogP contribution in [-0.2, 0) is 0 Å². The topological polar surface area (TPSA) is 89.9 Å². The zero-order chi connectivity index (χ0) is 34.3. The van der Waals surface area contributed by atoms with Gasteiger partial charge in [-0.25, -0.2) is 17.6 Å². The summed E-state index contributed by atoms with van der Waals surface area (Å²) in [5.74, 6) is -7.14. The number of alkyl halides is 4. The number of carbonyl (C=O) groups excluding carboxylic acids is 3. The van der Waals surface area contributed by atoms with Crippen molar-refractivity contribution in [2.24, 2.45) is 0 Å². The van der Waals surface area contributed by atoms with Crippen molar-refractivity contribution in [1.82, 2.24) is 0 Å². The highest BCUT2D eigenvalue weighted by molar-refractivity contribution is 6.49. The fraction of sp³-hybridized carbons (Fsp3) is 0.156. The maximum Gasteiger partial charge on any atom is 0.387 e. The summed E-state index contributed by atoms with van der Waals surface area (Å²) in [6.45, 7) is -3.14. The normalized spacial score (nSPS) is 11.5. The van der Waals surface area contributed by atoms with Gasteiger partial charge < -0.3 is 14.6 Å². The number of ketones is 3. The highest BCUT2D eigenvalue weighted by Crippen LogP contribution is 2.27. The van der Waals surface area contributed by atoms with Crippen LogP contribution in [0.15, 0.2) is 72.8 Å². The predicted octanol–water partition coefficient (Wildman–Crippen LogP) is 7.73. The van der Waals surface area contributed by atoms with E-state index in [4.69, 9.17) is 0 Å². The van der Waals surface area contributed by atoms with Gasteiger partial charge in [-0.2, -0.15) is 17.6 Å². The number of hydrogen-bond acceptors (Lipinski definition) is 6. The van der Waals surface area contributed by atoms with E-state index in [0.29, 0.717) is 12.1 Å². The minimum absolute atomic E-state index is 0.0961. The van der Waals surface area contributed by atoms with Gasteiger partial charge in [0, 0.05) is 28.8 Å². The van der Waals surface area contributed by atoms with Crippen molar-refractivity contribution >= 4 is 17.3 Å². The van der Waals surface area contributed by atoms with Crippen LogP contribution in [-0.4, -0.2) is 35.7 Å². The van der Waals surface area contributed by atoms with E-state index in [-0.39, 0.29) is 39.3 Å². The molecular formula is C32H22F8O6. The Bertz CT molecular complexity index is 1720. The van der Waals surface area contributed by atoms with Crippen LogP contribution in [0.1, 0.15) is 53.9 Å². The van der Waals surface area contributed by atoms with E-state index in [1.807, 2.05) is 0 Å². The van der Waals surface area contributed by atoms with Crippen molar-refractivity contribution < 1.29 is 64.1 Å². The lowest BCUT2D eigenvalue weighted by Gasteiger charge is -2.13. The molecule has 1 atom stereocenters. The van der Waals surface area contributed by atoms with Crippen LogP contribution in [0.4, 0.5) is 35.1 Å². The number of carbonyl (C=O) groups is 3. The molecule has 0 saturated carbocycles. The summed E-state index contributed by atoms with van der Waals surface area (Å²) in [5.41, 5.74) is -0.273. The summed E-state index contributed by atoms with van der Waals surface area (Å²) in [7, 11) is 0. The van der Waals surface area contributed by atoms with Crippen LogP contribution >= 0.6 is 0 Å². The second-order valence-corrected chi connectivity index (χ2v) is 9.50. The van der Waals surface area contributed by atoms with E-state index in [0.717, 1.165) is 36.4 Å². The minimum atomic E-state index is -3.02. The maximum absolute atomic E-state index is 13.1. The van der Waals surface area contributed by atoms with E-state index in [1.165, 1.54) is 38.1 Å². The average Bonchev–Trinajstić information content (AvgIpc) is 2.96. The summed E-state index contributed by atoms with van der Waals surface area (Å²) < 4.78 is 110. The lowest BCUT2D eigenvalue weighted by molar-refractivity contribution is -0.0509. The van der Waals surface area contributed by atoms with E-state index < -0.39 is 65.5 Å². The first-order valence-electron chi connectivity index (χ1n) is 12.9. The Labute approximate surface area is 255 Å². The van der Waals surface area contributed by atoms with Gasteiger partial charge in [0.15, 0.2) is 5.78 Å². The number of Topliss-reactive ketones (excluding diaryl/α,β-unsaturated/α-hetero) is 3. The summed E-state index contributed by atoms with van der Waals surface area (Å²) in [5, 5.41) is 10.0. The molecule has 14 heteroatoms. The van der Waals surface area contributed by atoms with E-state index in [2.05, 4.69) is 9.47 Å².